The maximum absolute atomic E-state index is 12.6. The number of rotatable bonds is 4. The molecular weight excluding hydrogens is 488 g/mol. The Morgan fingerprint density at radius 3 is 1.03 bits per heavy atom. The van der Waals surface area contributed by atoms with Crippen LogP contribution in [0.3, 0.4) is 0 Å². The number of carbonyl (C=O) groups excluding carboxylic acids is 1. The minimum absolute atomic E-state index is 0. The highest BCUT2D eigenvalue weighted by molar-refractivity contribution is 7.91. The van der Waals surface area contributed by atoms with Crippen LogP contribution in [0.2, 0.25) is 0 Å². The van der Waals surface area contributed by atoms with Crippen LogP contribution in [0.4, 0.5) is 0 Å². The first kappa shape index (κ1) is 30.7. The van der Waals surface area contributed by atoms with E-state index in [2.05, 4.69) is 13.8 Å². The summed E-state index contributed by atoms with van der Waals surface area (Å²) in [6.07, 6.45) is 0. The summed E-state index contributed by atoms with van der Waals surface area (Å²) in [6, 6.07) is 22.3. The van der Waals surface area contributed by atoms with Crippen molar-refractivity contribution in [2.45, 2.75) is 72.6 Å². The average molecular weight is 529 g/mol. The van der Waals surface area contributed by atoms with Gasteiger partial charge in [0.1, 0.15) is 0 Å². The molecule has 38 heavy (non-hydrogen) atoms. The number of benzene rings is 4. The van der Waals surface area contributed by atoms with E-state index in [9.17, 15) is 13.2 Å². The zero-order valence-corrected chi connectivity index (χ0v) is 23.9. The summed E-state index contributed by atoms with van der Waals surface area (Å²) >= 11 is 0. The quantitative estimate of drug-likeness (QED) is 0.249. The molecule has 0 saturated heterocycles. The fourth-order valence-corrected chi connectivity index (χ4v) is 5.26. The topological polar surface area (TPSA) is 51.2 Å². The van der Waals surface area contributed by atoms with Crippen molar-refractivity contribution >= 4 is 15.6 Å². The maximum Gasteiger partial charge on any atom is 0.206 e. The number of carbonyl (C=O) groups is 1. The van der Waals surface area contributed by atoms with Crippen LogP contribution < -0.4 is 0 Å². The first-order valence-electron chi connectivity index (χ1n) is 12.4. The third-order valence-corrected chi connectivity index (χ3v) is 8.86. The van der Waals surface area contributed by atoms with Crippen molar-refractivity contribution in [1.82, 2.24) is 0 Å². The summed E-state index contributed by atoms with van der Waals surface area (Å²) in [5, 5.41) is 0. The van der Waals surface area contributed by atoms with Gasteiger partial charge in [0.15, 0.2) is 5.78 Å². The van der Waals surface area contributed by atoms with Gasteiger partial charge < -0.3 is 0 Å². The van der Waals surface area contributed by atoms with Gasteiger partial charge in [-0.25, -0.2) is 8.42 Å². The molecular formula is C34H40O3S. The Kier molecular flexibility index (Phi) is 9.99. The van der Waals surface area contributed by atoms with Gasteiger partial charge in [-0.15, -0.1) is 0 Å². The van der Waals surface area contributed by atoms with Crippen LogP contribution >= 0.6 is 0 Å². The van der Waals surface area contributed by atoms with E-state index in [0.29, 0.717) is 9.79 Å². The first-order chi connectivity index (χ1) is 17.3. The Hall–Kier alpha value is -3.50. The summed E-state index contributed by atoms with van der Waals surface area (Å²) in [7, 11) is -3.42. The minimum atomic E-state index is -3.42. The van der Waals surface area contributed by atoms with Gasteiger partial charge >= 0.3 is 0 Å². The zero-order chi connectivity index (χ0) is 27.5. The van der Waals surface area contributed by atoms with Crippen molar-refractivity contribution in [2.24, 2.45) is 0 Å². The molecule has 0 amide bonds. The van der Waals surface area contributed by atoms with Crippen LogP contribution in [0.15, 0.2) is 82.6 Å². The second-order valence-corrected chi connectivity index (χ2v) is 11.9. The van der Waals surface area contributed by atoms with Gasteiger partial charge in [0, 0.05) is 11.1 Å². The average Bonchev–Trinajstić information content (AvgIpc) is 2.85. The molecule has 0 aliphatic rings. The lowest BCUT2D eigenvalue weighted by molar-refractivity contribution is 0.103. The van der Waals surface area contributed by atoms with Crippen LogP contribution in [0.5, 0.6) is 0 Å². The van der Waals surface area contributed by atoms with E-state index in [1.807, 2.05) is 90.1 Å². The van der Waals surface area contributed by atoms with Gasteiger partial charge in [0.05, 0.1) is 9.79 Å². The summed E-state index contributed by atoms with van der Waals surface area (Å²) in [5.41, 5.74) is 10.4. The van der Waals surface area contributed by atoms with Gasteiger partial charge in [-0.3, -0.25) is 4.79 Å². The molecule has 4 heteroatoms. The van der Waals surface area contributed by atoms with Crippen LogP contribution in [-0.2, 0) is 9.84 Å². The lowest BCUT2D eigenvalue weighted by Crippen LogP contribution is -2.03. The largest absolute Gasteiger partial charge is 0.289 e. The van der Waals surface area contributed by atoms with E-state index >= 15 is 0 Å². The molecule has 0 N–H and O–H groups in total. The Morgan fingerprint density at radius 2 is 0.737 bits per heavy atom. The zero-order valence-electron chi connectivity index (χ0n) is 23.1. The molecule has 0 bridgehead atoms. The Labute approximate surface area is 229 Å². The lowest BCUT2D eigenvalue weighted by atomic mass is 9.97. The van der Waals surface area contributed by atoms with E-state index in [0.717, 1.165) is 44.5 Å². The molecule has 0 saturated carbocycles. The summed E-state index contributed by atoms with van der Waals surface area (Å²) in [6.45, 7) is 16.0. The molecule has 0 aliphatic carbocycles. The van der Waals surface area contributed by atoms with E-state index in [-0.39, 0.29) is 13.2 Å². The molecule has 0 spiro atoms. The summed E-state index contributed by atoms with van der Waals surface area (Å²) in [4.78, 5) is 13.1. The van der Waals surface area contributed by atoms with Crippen molar-refractivity contribution in [3.63, 3.8) is 0 Å². The highest BCUT2D eigenvalue weighted by Gasteiger charge is 2.18. The van der Waals surface area contributed by atoms with Crippen molar-refractivity contribution in [3.05, 3.63) is 128 Å². The van der Waals surface area contributed by atoms with Gasteiger partial charge in [-0.05, 0) is 136 Å². The fourth-order valence-electron chi connectivity index (χ4n) is 3.83. The SMILES string of the molecule is C.Cc1ccc(C(=O)c2ccc(C)c(C)c2)cc1C.Cc1ccc(S(=O)(=O)c2ccc(C)c(C)c2)cc1C. The number of ketones is 1. The van der Waals surface area contributed by atoms with Crippen molar-refractivity contribution in [2.75, 3.05) is 0 Å². The Morgan fingerprint density at radius 1 is 0.447 bits per heavy atom. The van der Waals surface area contributed by atoms with Crippen LogP contribution in [-0.4, -0.2) is 14.2 Å². The molecule has 4 aromatic rings. The van der Waals surface area contributed by atoms with E-state index < -0.39 is 9.84 Å². The second kappa shape index (κ2) is 12.4. The van der Waals surface area contributed by atoms with Crippen molar-refractivity contribution in [3.8, 4) is 0 Å². The molecule has 0 heterocycles. The lowest BCUT2D eigenvalue weighted by Gasteiger charge is -2.09. The maximum atomic E-state index is 12.6. The third kappa shape index (κ3) is 6.87. The summed E-state index contributed by atoms with van der Waals surface area (Å²) in [5.74, 6) is 0.0983. The highest BCUT2D eigenvalue weighted by atomic mass is 32.2. The molecule has 0 fully saturated rings. The molecule has 0 atom stereocenters. The standard InChI is InChI=1S/C17H18O.C16H18O2S.CH4/c1-11-5-7-15(9-13(11)3)17(18)16-8-6-12(2)14(4)10-16;1-11-5-7-15(9-13(11)3)19(17,18)16-8-6-12(2)14(4)10-16;/h5-10H,1-4H3;5-10H,1-4H3;1H4. The normalized spacial score (nSPS) is 10.7. The molecule has 200 valence electrons. The highest BCUT2D eigenvalue weighted by Crippen LogP contribution is 2.24. The van der Waals surface area contributed by atoms with Gasteiger partial charge in [-0.2, -0.15) is 0 Å². The molecule has 4 rings (SSSR count). The predicted molar refractivity (Wildman–Crippen MR) is 159 cm³/mol. The number of hydrogen-bond acceptors (Lipinski definition) is 3. The van der Waals surface area contributed by atoms with Crippen molar-refractivity contribution in [1.29, 1.82) is 0 Å². The van der Waals surface area contributed by atoms with Gasteiger partial charge in [-0.1, -0.05) is 43.8 Å². The molecule has 4 aromatic carbocycles. The first-order valence-corrected chi connectivity index (χ1v) is 13.9. The smallest absolute Gasteiger partial charge is 0.206 e. The predicted octanol–water partition coefficient (Wildman–Crippen LogP) is 8.54. The number of hydrogen-bond donors (Lipinski definition) is 0. The molecule has 0 aromatic heterocycles. The molecule has 0 radical (unpaired) electrons. The fraction of sp³-hybridized carbons (Fsp3) is 0.265. The van der Waals surface area contributed by atoms with Gasteiger partial charge in [0.25, 0.3) is 0 Å². The Bertz CT molecular complexity index is 1470. The Balaban J connectivity index is 0.000000260. The van der Waals surface area contributed by atoms with Crippen molar-refractivity contribution < 1.29 is 13.2 Å². The van der Waals surface area contributed by atoms with Gasteiger partial charge in [0.2, 0.25) is 9.84 Å². The summed E-state index contributed by atoms with van der Waals surface area (Å²) < 4.78 is 25.1. The van der Waals surface area contributed by atoms with Crippen LogP contribution in [0, 0.1) is 55.4 Å². The second-order valence-electron chi connectivity index (χ2n) is 9.92. The molecule has 0 unspecified atom stereocenters. The molecule has 0 aliphatic heterocycles. The third-order valence-electron chi connectivity index (χ3n) is 7.12. The van der Waals surface area contributed by atoms with E-state index in [1.54, 1.807) is 24.3 Å². The monoisotopic (exact) mass is 528 g/mol. The van der Waals surface area contributed by atoms with Crippen LogP contribution in [0.25, 0.3) is 0 Å². The number of sulfone groups is 1. The van der Waals surface area contributed by atoms with E-state index in [4.69, 9.17) is 0 Å². The number of aryl methyl sites for hydroxylation is 8. The van der Waals surface area contributed by atoms with E-state index in [1.165, 1.54) is 11.1 Å². The minimum Gasteiger partial charge on any atom is -0.289 e. The van der Waals surface area contributed by atoms with Crippen LogP contribution in [0.1, 0.15) is 67.9 Å². The molecule has 3 nitrogen and oxygen atoms in total.